The van der Waals surface area contributed by atoms with E-state index in [0.717, 1.165) is 12.1 Å². The molecule has 0 aromatic heterocycles. The van der Waals surface area contributed by atoms with Crippen molar-refractivity contribution in [3.8, 4) is 0 Å². The zero-order valence-electron chi connectivity index (χ0n) is 13.3. The van der Waals surface area contributed by atoms with Gasteiger partial charge in [0, 0.05) is 11.3 Å². The minimum absolute atomic E-state index is 0.490. The van der Waals surface area contributed by atoms with Gasteiger partial charge in [0.2, 0.25) is 0 Å². The molecule has 0 aliphatic heterocycles. The van der Waals surface area contributed by atoms with Crippen LogP contribution in [0.1, 0.15) is 62.6 Å². The summed E-state index contributed by atoms with van der Waals surface area (Å²) in [5.74, 6) is 1.19. The van der Waals surface area contributed by atoms with Crippen molar-refractivity contribution < 1.29 is 0 Å². The van der Waals surface area contributed by atoms with Gasteiger partial charge in [0.15, 0.2) is 0 Å². The second kappa shape index (κ2) is 5.87. The molecule has 2 N–H and O–H groups in total. The number of hydrogen-bond donors (Lipinski definition) is 1. The van der Waals surface area contributed by atoms with Gasteiger partial charge >= 0.3 is 0 Å². The maximum absolute atomic E-state index is 6.49. The molecule has 1 aromatic rings. The molecule has 1 saturated carbocycles. The standard InChI is InChI=1S/C19H27N/c1-6-15(11-14(5)12(2)3)18-13(4)7-10-17(19(18)20)16-8-9-16/h6-7,10,14,16H,2,8-9,11,20H2,1,3-5H3/b15-6-. The summed E-state index contributed by atoms with van der Waals surface area (Å²) in [6, 6.07) is 4.45. The average molecular weight is 269 g/mol. The van der Waals surface area contributed by atoms with Crippen molar-refractivity contribution in [3.05, 3.63) is 47.1 Å². The topological polar surface area (TPSA) is 26.0 Å². The lowest BCUT2D eigenvalue weighted by Crippen LogP contribution is -2.04. The molecule has 0 radical (unpaired) electrons. The van der Waals surface area contributed by atoms with Crippen LogP contribution >= 0.6 is 0 Å². The first-order valence-corrected chi connectivity index (χ1v) is 7.65. The second-order valence-corrected chi connectivity index (χ2v) is 6.30. The lowest BCUT2D eigenvalue weighted by atomic mass is 9.87. The Morgan fingerprint density at radius 1 is 1.45 bits per heavy atom. The molecule has 2 rings (SSSR count). The van der Waals surface area contributed by atoms with E-state index in [-0.39, 0.29) is 0 Å². The highest BCUT2D eigenvalue weighted by molar-refractivity contribution is 5.80. The van der Waals surface area contributed by atoms with Crippen LogP contribution < -0.4 is 5.73 Å². The molecule has 0 amide bonds. The van der Waals surface area contributed by atoms with E-state index in [0.29, 0.717) is 11.8 Å². The molecule has 1 aliphatic rings. The maximum atomic E-state index is 6.49. The molecule has 0 bridgehead atoms. The van der Waals surface area contributed by atoms with Crippen molar-refractivity contribution in [3.63, 3.8) is 0 Å². The summed E-state index contributed by atoms with van der Waals surface area (Å²) in [6.45, 7) is 12.7. The Kier molecular flexibility index (Phi) is 4.37. The highest BCUT2D eigenvalue weighted by atomic mass is 14.6. The van der Waals surface area contributed by atoms with Crippen molar-refractivity contribution in [1.29, 1.82) is 0 Å². The van der Waals surface area contributed by atoms with Crippen molar-refractivity contribution in [2.75, 3.05) is 5.73 Å². The molecular weight excluding hydrogens is 242 g/mol. The predicted molar refractivity (Wildman–Crippen MR) is 89.8 cm³/mol. The van der Waals surface area contributed by atoms with Crippen molar-refractivity contribution in [2.24, 2.45) is 5.92 Å². The predicted octanol–water partition coefficient (Wildman–Crippen LogP) is 5.46. The van der Waals surface area contributed by atoms with Gasteiger partial charge < -0.3 is 5.73 Å². The molecule has 1 aliphatic carbocycles. The van der Waals surface area contributed by atoms with Crippen molar-refractivity contribution >= 4 is 11.3 Å². The van der Waals surface area contributed by atoms with E-state index in [1.54, 1.807) is 0 Å². The molecular formula is C19H27N. The third-order valence-corrected chi connectivity index (χ3v) is 4.54. The summed E-state index contributed by atoms with van der Waals surface area (Å²) in [5, 5.41) is 0. The van der Waals surface area contributed by atoms with Crippen LogP contribution in [0, 0.1) is 12.8 Å². The molecule has 1 atom stereocenters. The number of benzene rings is 1. The number of nitrogens with two attached hydrogens (primary N) is 1. The summed E-state index contributed by atoms with van der Waals surface area (Å²) in [7, 11) is 0. The van der Waals surface area contributed by atoms with Gasteiger partial charge in [-0.1, -0.05) is 37.3 Å². The summed E-state index contributed by atoms with van der Waals surface area (Å²) in [6.07, 6.45) is 5.82. The molecule has 1 heteroatoms. The first kappa shape index (κ1) is 14.9. The molecule has 0 saturated heterocycles. The normalized spacial score (nSPS) is 17.1. The van der Waals surface area contributed by atoms with Gasteiger partial charge in [0.1, 0.15) is 0 Å². The Balaban J connectivity index is 2.38. The molecule has 108 valence electrons. The Hall–Kier alpha value is -1.50. The quantitative estimate of drug-likeness (QED) is 0.557. The monoisotopic (exact) mass is 269 g/mol. The summed E-state index contributed by atoms with van der Waals surface area (Å²) < 4.78 is 0. The third-order valence-electron chi connectivity index (χ3n) is 4.54. The van der Waals surface area contributed by atoms with Crippen LogP contribution in [0.5, 0.6) is 0 Å². The molecule has 20 heavy (non-hydrogen) atoms. The largest absolute Gasteiger partial charge is 0.398 e. The van der Waals surface area contributed by atoms with Crippen LogP contribution in [0.15, 0.2) is 30.4 Å². The lowest BCUT2D eigenvalue weighted by molar-refractivity contribution is 0.707. The van der Waals surface area contributed by atoms with E-state index in [1.807, 2.05) is 0 Å². The van der Waals surface area contributed by atoms with Gasteiger partial charge in [0.05, 0.1) is 0 Å². The zero-order chi connectivity index (χ0) is 14.9. The lowest BCUT2D eigenvalue weighted by Gasteiger charge is -2.20. The Bertz CT molecular complexity index is 547. The number of anilines is 1. The smallest absolute Gasteiger partial charge is 0.0428 e. The number of nitrogen functional groups attached to an aromatic ring is 1. The van der Waals surface area contributed by atoms with E-state index in [4.69, 9.17) is 5.73 Å². The van der Waals surface area contributed by atoms with Crippen molar-refractivity contribution in [1.82, 2.24) is 0 Å². The van der Waals surface area contributed by atoms with Crippen molar-refractivity contribution in [2.45, 2.75) is 52.9 Å². The van der Waals surface area contributed by atoms with Gasteiger partial charge in [-0.2, -0.15) is 0 Å². The van der Waals surface area contributed by atoms with Gasteiger partial charge in [0.25, 0.3) is 0 Å². The van der Waals surface area contributed by atoms with E-state index in [2.05, 4.69) is 52.5 Å². The number of rotatable bonds is 5. The highest BCUT2D eigenvalue weighted by Gasteiger charge is 2.27. The first-order valence-electron chi connectivity index (χ1n) is 7.65. The molecule has 1 unspecified atom stereocenters. The summed E-state index contributed by atoms with van der Waals surface area (Å²) >= 11 is 0. The fourth-order valence-corrected chi connectivity index (χ4v) is 2.79. The molecule has 1 fully saturated rings. The van der Waals surface area contributed by atoms with E-state index in [9.17, 15) is 0 Å². The average Bonchev–Trinajstić information content (AvgIpc) is 3.21. The van der Waals surface area contributed by atoms with Crippen LogP contribution in [0.3, 0.4) is 0 Å². The van der Waals surface area contributed by atoms with Crippen LogP contribution in [0.25, 0.3) is 5.57 Å². The number of aryl methyl sites for hydroxylation is 1. The Labute approximate surface area is 123 Å². The fraction of sp³-hybridized carbons (Fsp3) is 0.474. The Morgan fingerprint density at radius 3 is 2.60 bits per heavy atom. The summed E-state index contributed by atoms with van der Waals surface area (Å²) in [5.41, 5.74) is 14.0. The van der Waals surface area contributed by atoms with Gasteiger partial charge in [-0.3, -0.25) is 0 Å². The SMILES string of the molecule is C=C(C)C(C)C/C(=C/C)c1c(C)ccc(C2CC2)c1N. The van der Waals surface area contributed by atoms with Gasteiger partial charge in [-0.15, -0.1) is 0 Å². The van der Waals surface area contributed by atoms with E-state index >= 15 is 0 Å². The fourth-order valence-electron chi connectivity index (χ4n) is 2.79. The van der Waals surface area contributed by atoms with Gasteiger partial charge in [-0.05, 0) is 68.6 Å². The van der Waals surface area contributed by atoms with Crippen LogP contribution in [0.2, 0.25) is 0 Å². The minimum atomic E-state index is 0.490. The molecule has 1 nitrogen and oxygen atoms in total. The first-order chi connectivity index (χ1) is 9.45. The number of allylic oxidation sites excluding steroid dienone is 3. The molecule has 0 spiro atoms. The second-order valence-electron chi connectivity index (χ2n) is 6.30. The minimum Gasteiger partial charge on any atom is -0.398 e. The van der Waals surface area contributed by atoms with Crippen LogP contribution in [-0.2, 0) is 0 Å². The number of hydrogen-bond acceptors (Lipinski definition) is 1. The van der Waals surface area contributed by atoms with E-state index < -0.39 is 0 Å². The maximum Gasteiger partial charge on any atom is 0.0428 e. The van der Waals surface area contributed by atoms with Gasteiger partial charge in [-0.25, -0.2) is 0 Å². The summed E-state index contributed by atoms with van der Waals surface area (Å²) in [4.78, 5) is 0. The van der Waals surface area contributed by atoms with E-state index in [1.165, 1.54) is 40.7 Å². The third kappa shape index (κ3) is 2.98. The van der Waals surface area contributed by atoms with Crippen LogP contribution in [-0.4, -0.2) is 0 Å². The zero-order valence-corrected chi connectivity index (χ0v) is 13.3. The Morgan fingerprint density at radius 2 is 2.10 bits per heavy atom. The molecule has 1 aromatic carbocycles. The molecule has 0 heterocycles. The van der Waals surface area contributed by atoms with Crippen LogP contribution in [0.4, 0.5) is 5.69 Å². The highest BCUT2D eigenvalue weighted by Crippen LogP contribution is 2.45.